The van der Waals surface area contributed by atoms with Crippen molar-refractivity contribution in [3.05, 3.63) is 94.8 Å². The fourth-order valence-corrected chi connectivity index (χ4v) is 4.11. The molecule has 32 heavy (non-hydrogen) atoms. The van der Waals surface area contributed by atoms with Crippen molar-refractivity contribution in [1.82, 2.24) is 9.55 Å². The smallest absolute Gasteiger partial charge is 0.267 e. The van der Waals surface area contributed by atoms with Crippen molar-refractivity contribution in [2.45, 2.75) is 19.3 Å². The highest BCUT2D eigenvalue weighted by Crippen LogP contribution is 2.20. The number of anilines is 2. The Hall–Kier alpha value is -3.93. The molecule has 5 rings (SSSR count). The molecule has 0 radical (unpaired) electrons. The maximum atomic E-state index is 13.2. The molecule has 1 aromatic heterocycles. The van der Waals surface area contributed by atoms with Crippen molar-refractivity contribution < 1.29 is 0 Å². The summed E-state index contributed by atoms with van der Waals surface area (Å²) in [5.41, 5.74) is 6.45. The van der Waals surface area contributed by atoms with Crippen LogP contribution in [0.25, 0.3) is 16.6 Å². The minimum atomic E-state index is -0.134. The van der Waals surface area contributed by atoms with Crippen molar-refractivity contribution in [3.8, 4) is 5.69 Å². The maximum absolute atomic E-state index is 13.2. The van der Waals surface area contributed by atoms with E-state index in [1.54, 1.807) is 16.8 Å². The highest BCUT2D eigenvalue weighted by atomic mass is 16.1. The molecule has 0 saturated carbocycles. The molecule has 160 valence electrons. The molecule has 2 heterocycles. The van der Waals surface area contributed by atoms with Gasteiger partial charge >= 0.3 is 0 Å². The van der Waals surface area contributed by atoms with E-state index in [1.807, 2.05) is 48.5 Å². The van der Waals surface area contributed by atoms with Crippen LogP contribution >= 0.6 is 0 Å². The van der Waals surface area contributed by atoms with E-state index in [0.29, 0.717) is 16.9 Å². The van der Waals surface area contributed by atoms with Crippen LogP contribution in [0.2, 0.25) is 0 Å². The number of hydrogen-bond acceptors (Lipinski definition) is 5. The highest BCUT2D eigenvalue weighted by molar-refractivity contribution is 5.82. The number of fused-ring (bicyclic) bond motifs is 1. The average molecular weight is 424 g/mol. The quantitative estimate of drug-likeness (QED) is 0.369. The van der Waals surface area contributed by atoms with Gasteiger partial charge in [0.15, 0.2) is 0 Å². The summed E-state index contributed by atoms with van der Waals surface area (Å²) < 4.78 is 1.55. The van der Waals surface area contributed by atoms with Crippen LogP contribution in [0.4, 0.5) is 11.6 Å². The summed E-state index contributed by atoms with van der Waals surface area (Å²) in [6.07, 6.45) is 5.59. The zero-order chi connectivity index (χ0) is 21.8. The number of nitrogens with zero attached hydrogens (tertiary/aromatic N) is 4. The van der Waals surface area contributed by atoms with Crippen LogP contribution in [0.3, 0.4) is 0 Å². The number of hydrogen-bond donors (Lipinski definition) is 1. The van der Waals surface area contributed by atoms with Gasteiger partial charge in [-0.05, 0) is 61.2 Å². The van der Waals surface area contributed by atoms with Gasteiger partial charge in [-0.3, -0.25) is 4.79 Å². The lowest BCUT2D eigenvalue weighted by molar-refractivity contribution is 0.578. The maximum Gasteiger partial charge on any atom is 0.267 e. The molecule has 1 aliphatic rings. The molecule has 0 amide bonds. The third-order valence-corrected chi connectivity index (χ3v) is 5.78. The molecule has 1 saturated heterocycles. The second kappa shape index (κ2) is 9.06. The molecule has 0 spiro atoms. The predicted molar refractivity (Wildman–Crippen MR) is 131 cm³/mol. The lowest BCUT2D eigenvalue weighted by Crippen LogP contribution is -2.29. The van der Waals surface area contributed by atoms with E-state index in [0.717, 1.165) is 24.3 Å². The lowest BCUT2D eigenvalue weighted by atomic mass is 10.1. The minimum Gasteiger partial charge on any atom is -0.372 e. The topological polar surface area (TPSA) is 62.5 Å². The minimum absolute atomic E-state index is 0.134. The van der Waals surface area contributed by atoms with Gasteiger partial charge in [0.05, 0.1) is 22.8 Å². The second-order valence-electron chi connectivity index (χ2n) is 7.94. The number of piperidine rings is 1. The number of rotatable bonds is 5. The van der Waals surface area contributed by atoms with E-state index >= 15 is 0 Å². The SMILES string of the molecule is O=c1c2ccccc2nc(N/N=C/c2ccc(N3CCCCC3)cc2)n1-c1ccccc1. The van der Waals surface area contributed by atoms with Crippen molar-refractivity contribution >= 4 is 28.8 Å². The van der Waals surface area contributed by atoms with Gasteiger partial charge in [-0.25, -0.2) is 15.0 Å². The van der Waals surface area contributed by atoms with Crippen LogP contribution < -0.4 is 15.9 Å². The first-order valence-corrected chi connectivity index (χ1v) is 11.0. The van der Waals surface area contributed by atoms with Gasteiger partial charge < -0.3 is 4.90 Å². The normalized spacial score (nSPS) is 14.2. The number of hydrazone groups is 1. The molecule has 3 aromatic carbocycles. The first-order valence-electron chi connectivity index (χ1n) is 11.0. The summed E-state index contributed by atoms with van der Waals surface area (Å²) in [5.74, 6) is 0.376. The number of benzene rings is 3. The number of para-hydroxylation sites is 2. The summed E-state index contributed by atoms with van der Waals surface area (Å²) in [6, 6.07) is 25.2. The Morgan fingerprint density at radius 3 is 2.31 bits per heavy atom. The average Bonchev–Trinajstić information content (AvgIpc) is 2.86. The summed E-state index contributed by atoms with van der Waals surface area (Å²) >= 11 is 0. The molecular weight excluding hydrogens is 398 g/mol. The number of nitrogens with one attached hydrogen (secondary N) is 1. The van der Waals surface area contributed by atoms with E-state index in [2.05, 4.69) is 44.7 Å². The van der Waals surface area contributed by atoms with E-state index in [9.17, 15) is 4.79 Å². The van der Waals surface area contributed by atoms with Crippen molar-refractivity contribution in [2.75, 3.05) is 23.4 Å². The zero-order valence-electron chi connectivity index (χ0n) is 17.8. The Kier molecular flexibility index (Phi) is 5.66. The first-order chi connectivity index (χ1) is 15.8. The van der Waals surface area contributed by atoms with E-state index in [1.165, 1.54) is 24.9 Å². The third-order valence-electron chi connectivity index (χ3n) is 5.78. The second-order valence-corrected chi connectivity index (χ2v) is 7.94. The van der Waals surface area contributed by atoms with E-state index in [4.69, 9.17) is 0 Å². The summed E-state index contributed by atoms with van der Waals surface area (Å²) in [4.78, 5) is 20.3. The number of aromatic nitrogens is 2. The summed E-state index contributed by atoms with van der Waals surface area (Å²) in [6.45, 7) is 2.25. The van der Waals surface area contributed by atoms with Crippen LogP contribution in [-0.2, 0) is 0 Å². The van der Waals surface area contributed by atoms with Gasteiger partial charge in [0.1, 0.15) is 0 Å². The summed E-state index contributed by atoms with van der Waals surface area (Å²) in [5, 5.41) is 4.95. The molecule has 1 aliphatic heterocycles. The van der Waals surface area contributed by atoms with Gasteiger partial charge in [-0.15, -0.1) is 0 Å². The fraction of sp³-hybridized carbons (Fsp3) is 0.192. The van der Waals surface area contributed by atoms with Crippen LogP contribution in [0.1, 0.15) is 24.8 Å². The van der Waals surface area contributed by atoms with Crippen molar-refractivity contribution in [3.63, 3.8) is 0 Å². The monoisotopic (exact) mass is 423 g/mol. The molecule has 6 nitrogen and oxygen atoms in total. The molecule has 1 N–H and O–H groups in total. The molecule has 0 aliphatic carbocycles. The zero-order valence-corrected chi connectivity index (χ0v) is 17.8. The van der Waals surface area contributed by atoms with Crippen LogP contribution in [0.15, 0.2) is 88.8 Å². The molecular formula is C26H25N5O. The Morgan fingerprint density at radius 2 is 1.53 bits per heavy atom. The molecule has 0 bridgehead atoms. The van der Waals surface area contributed by atoms with Gasteiger partial charge in [0.25, 0.3) is 5.56 Å². The standard InChI is InChI=1S/C26H25N5O/c32-25-23-11-5-6-12-24(23)28-26(31(25)22-9-3-1-4-10-22)29-27-19-20-13-15-21(16-14-20)30-17-7-2-8-18-30/h1,3-6,9-16,19H,2,7-8,17-18H2,(H,28,29)/b27-19+. The van der Waals surface area contributed by atoms with E-state index < -0.39 is 0 Å². The lowest BCUT2D eigenvalue weighted by Gasteiger charge is -2.28. The van der Waals surface area contributed by atoms with Gasteiger partial charge in [-0.1, -0.05) is 42.5 Å². The third kappa shape index (κ3) is 4.12. The molecule has 0 unspecified atom stereocenters. The molecule has 1 fully saturated rings. The molecule has 0 atom stereocenters. The van der Waals surface area contributed by atoms with Gasteiger partial charge in [-0.2, -0.15) is 5.10 Å². The summed E-state index contributed by atoms with van der Waals surface area (Å²) in [7, 11) is 0. The van der Waals surface area contributed by atoms with E-state index in [-0.39, 0.29) is 5.56 Å². The Labute approximate surface area is 186 Å². The fourth-order valence-electron chi connectivity index (χ4n) is 4.11. The Bertz CT molecular complexity index is 1290. The molecule has 6 heteroatoms. The first kappa shape index (κ1) is 20.0. The predicted octanol–water partition coefficient (Wildman–Crippen LogP) is 4.82. The Morgan fingerprint density at radius 1 is 0.812 bits per heavy atom. The molecule has 4 aromatic rings. The largest absolute Gasteiger partial charge is 0.372 e. The van der Waals surface area contributed by atoms with Gasteiger partial charge in [0.2, 0.25) is 5.95 Å². The van der Waals surface area contributed by atoms with Crippen molar-refractivity contribution in [2.24, 2.45) is 5.10 Å². The van der Waals surface area contributed by atoms with Crippen LogP contribution in [-0.4, -0.2) is 28.9 Å². The Balaban J connectivity index is 1.42. The van der Waals surface area contributed by atoms with Crippen LogP contribution in [0.5, 0.6) is 0 Å². The van der Waals surface area contributed by atoms with Gasteiger partial charge in [0, 0.05) is 18.8 Å². The van der Waals surface area contributed by atoms with Crippen LogP contribution in [0, 0.1) is 0 Å². The van der Waals surface area contributed by atoms with Crippen molar-refractivity contribution in [1.29, 1.82) is 0 Å². The highest BCUT2D eigenvalue weighted by Gasteiger charge is 2.12.